The summed E-state index contributed by atoms with van der Waals surface area (Å²) in [6.07, 6.45) is 1.65. The Kier molecular flexibility index (Phi) is 2.47. The Morgan fingerprint density at radius 2 is 1.83 bits per heavy atom. The molecule has 1 aliphatic rings. The van der Waals surface area contributed by atoms with Gasteiger partial charge in [0.2, 0.25) is 0 Å². The smallest absolute Gasteiger partial charge is 0.143 e. The average molecular weight is 173 g/mol. The Bertz CT molecular complexity index is 164. The van der Waals surface area contributed by atoms with Crippen molar-refractivity contribution < 1.29 is 9.94 Å². The second kappa shape index (κ2) is 2.98. The van der Waals surface area contributed by atoms with Crippen LogP contribution in [0.15, 0.2) is 0 Å². The van der Waals surface area contributed by atoms with E-state index in [9.17, 15) is 5.21 Å². The third kappa shape index (κ3) is 1.26. The summed E-state index contributed by atoms with van der Waals surface area (Å²) < 4.78 is 5.64. The highest BCUT2D eigenvalue weighted by Gasteiger charge is 2.49. The lowest BCUT2D eigenvalue weighted by atomic mass is 10.0. The van der Waals surface area contributed by atoms with Gasteiger partial charge in [-0.25, -0.2) is 0 Å². The Hall–Kier alpha value is -0.120. The number of rotatable bonds is 2. The summed E-state index contributed by atoms with van der Waals surface area (Å²) in [6, 6.07) is 0. The molecule has 0 saturated carbocycles. The molecular weight excluding hydrogens is 154 g/mol. The first kappa shape index (κ1) is 9.96. The highest BCUT2D eigenvalue weighted by molar-refractivity contribution is 4.91. The quantitative estimate of drug-likeness (QED) is 0.693. The zero-order chi connectivity index (χ0) is 9.41. The first-order valence-electron chi connectivity index (χ1n) is 4.61. The molecule has 1 fully saturated rings. The predicted octanol–water partition coefficient (Wildman–Crippen LogP) is 2.00. The van der Waals surface area contributed by atoms with Crippen LogP contribution in [0.1, 0.15) is 40.5 Å². The fraction of sp³-hybridized carbons (Fsp3) is 1.00. The highest BCUT2D eigenvalue weighted by Crippen LogP contribution is 2.37. The van der Waals surface area contributed by atoms with Crippen molar-refractivity contribution in [3.05, 3.63) is 0 Å². The second-order valence-corrected chi connectivity index (χ2v) is 4.07. The van der Waals surface area contributed by atoms with Crippen LogP contribution in [0.5, 0.6) is 0 Å². The van der Waals surface area contributed by atoms with Crippen LogP contribution >= 0.6 is 0 Å². The first-order chi connectivity index (χ1) is 5.48. The average Bonchev–Trinajstić information content (AvgIpc) is 2.27. The van der Waals surface area contributed by atoms with Gasteiger partial charge in [-0.2, -0.15) is 5.06 Å². The predicted molar refractivity (Wildman–Crippen MR) is 47.0 cm³/mol. The molecule has 0 atom stereocenters. The minimum absolute atomic E-state index is 0.244. The number of hydrogen-bond donors (Lipinski definition) is 1. The number of ether oxygens (including phenoxy) is 1. The second-order valence-electron chi connectivity index (χ2n) is 4.07. The molecule has 0 aromatic carbocycles. The monoisotopic (exact) mass is 173 g/mol. The van der Waals surface area contributed by atoms with Crippen molar-refractivity contribution >= 4 is 0 Å². The van der Waals surface area contributed by atoms with E-state index < -0.39 is 5.72 Å². The lowest BCUT2D eigenvalue weighted by molar-refractivity contribution is -0.252. The summed E-state index contributed by atoms with van der Waals surface area (Å²) in [7, 11) is 0. The molecule has 1 aliphatic heterocycles. The van der Waals surface area contributed by atoms with Crippen LogP contribution in [-0.2, 0) is 4.74 Å². The van der Waals surface area contributed by atoms with Gasteiger partial charge in [-0.1, -0.05) is 13.8 Å². The zero-order valence-electron chi connectivity index (χ0n) is 8.42. The molecule has 0 radical (unpaired) electrons. The maximum absolute atomic E-state index is 9.88. The van der Waals surface area contributed by atoms with Gasteiger partial charge in [0.1, 0.15) is 5.72 Å². The Morgan fingerprint density at radius 3 is 2.00 bits per heavy atom. The molecule has 1 N–H and O–H groups in total. The molecule has 0 aromatic rings. The SMILES string of the molecule is CCC1(CC)OCC(C)(C)N1O. The molecule has 72 valence electrons. The van der Waals surface area contributed by atoms with Crippen LogP contribution in [0.25, 0.3) is 0 Å². The van der Waals surface area contributed by atoms with Gasteiger partial charge in [-0.05, 0) is 26.7 Å². The van der Waals surface area contributed by atoms with Crippen molar-refractivity contribution in [2.24, 2.45) is 0 Å². The summed E-state index contributed by atoms with van der Waals surface area (Å²) in [5.41, 5.74) is -0.685. The topological polar surface area (TPSA) is 32.7 Å². The zero-order valence-corrected chi connectivity index (χ0v) is 8.42. The molecular formula is C9H19NO2. The standard InChI is InChI=1S/C9H19NO2/c1-5-9(6-2)10(11)8(3,4)7-12-9/h11H,5-7H2,1-4H3. The molecule has 0 aromatic heterocycles. The van der Waals surface area contributed by atoms with E-state index in [4.69, 9.17) is 4.74 Å². The highest BCUT2D eigenvalue weighted by atomic mass is 16.6. The van der Waals surface area contributed by atoms with Gasteiger partial charge in [0, 0.05) is 0 Å². The molecule has 12 heavy (non-hydrogen) atoms. The number of hydrogen-bond acceptors (Lipinski definition) is 3. The van der Waals surface area contributed by atoms with E-state index >= 15 is 0 Å². The third-order valence-electron chi connectivity index (χ3n) is 2.76. The number of nitrogens with zero attached hydrogens (tertiary/aromatic N) is 1. The fourth-order valence-corrected chi connectivity index (χ4v) is 1.74. The molecule has 1 rings (SSSR count). The van der Waals surface area contributed by atoms with Crippen LogP contribution in [0, 0.1) is 0 Å². The van der Waals surface area contributed by atoms with E-state index in [-0.39, 0.29) is 5.54 Å². The molecule has 1 heterocycles. The summed E-state index contributed by atoms with van der Waals surface area (Å²) in [4.78, 5) is 0. The van der Waals surface area contributed by atoms with Gasteiger partial charge in [-0.15, -0.1) is 0 Å². The minimum Gasteiger partial charge on any atom is -0.356 e. The molecule has 1 saturated heterocycles. The molecule has 3 nitrogen and oxygen atoms in total. The van der Waals surface area contributed by atoms with E-state index in [1.54, 1.807) is 0 Å². The van der Waals surface area contributed by atoms with Crippen molar-refractivity contribution in [3.63, 3.8) is 0 Å². The van der Waals surface area contributed by atoms with Crippen molar-refractivity contribution in [3.8, 4) is 0 Å². The van der Waals surface area contributed by atoms with E-state index in [1.807, 2.05) is 27.7 Å². The Balaban J connectivity index is 2.83. The van der Waals surface area contributed by atoms with Crippen molar-refractivity contribution in [2.75, 3.05) is 6.61 Å². The Morgan fingerprint density at radius 1 is 1.33 bits per heavy atom. The van der Waals surface area contributed by atoms with Crippen LogP contribution in [0.4, 0.5) is 0 Å². The first-order valence-corrected chi connectivity index (χ1v) is 4.61. The van der Waals surface area contributed by atoms with Crippen molar-refractivity contribution in [2.45, 2.75) is 51.8 Å². The van der Waals surface area contributed by atoms with E-state index in [1.165, 1.54) is 5.06 Å². The van der Waals surface area contributed by atoms with E-state index in [2.05, 4.69) is 0 Å². The van der Waals surface area contributed by atoms with E-state index in [0.29, 0.717) is 6.61 Å². The van der Waals surface area contributed by atoms with E-state index in [0.717, 1.165) is 12.8 Å². The van der Waals surface area contributed by atoms with Crippen LogP contribution in [0.2, 0.25) is 0 Å². The van der Waals surface area contributed by atoms with Crippen molar-refractivity contribution in [1.82, 2.24) is 5.06 Å². The van der Waals surface area contributed by atoms with Gasteiger partial charge >= 0.3 is 0 Å². The normalized spacial score (nSPS) is 27.8. The minimum atomic E-state index is -0.441. The third-order valence-corrected chi connectivity index (χ3v) is 2.76. The van der Waals surface area contributed by atoms with Crippen LogP contribution < -0.4 is 0 Å². The summed E-state index contributed by atoms with van der Waals surface area (Å²) in [6.45, 7) is 8.65. The number of hydroxylamine groups is 2. The van der Waals surface area contributed by atoms with Crippen LogP contribution in [0.3, 0.4) is 0 Å². The molecule has 0 spiro atoms. The molecule has 0 aliphatic carbocycles. The van der Waals surface area contributed by atoms with Gasteiger partial charge < -0.3 is 9.94 Å². The Labute approximate surface area is 74.3 Å². The lowest BCUT2D eigenvalue weighted by Crippen LogP contribution is -2.49. The van der Waals surface area contributed by atoms with Crippen molar-refractivity contribution in [1.29, 1.82) is 0 Å². The van der Waals surface area contributed by atoms with Crippen LogP contribution in [-0.4, -0.2) is 28.1 Å². The maximum atomic E-state index is 9.88. The maximum Gasteiger partial charge on any atom is 0.143 e. The summed E-state index contributed by atoms with van der Waals surface area (Å²) in [5.74, 6) is 0. The van der Waals surface area contributed by atoms with Gasteiger partial charge in [0.15, 0.2) is 0 Å². The van der Waals surface area contributed by atoms with Gasteiger partial charge in [0.25, 0.3) is 0 Å². The molecule has 0 unspecified atom stereocenters. The molecule has 0 amide bonds. The van der Waals surface area contributed by atoms with Gasteiger partial charge in [0.05, 0.1) is 12.1 Å². The fourth-order valence-electron chi connectivity index (χ4n) is 1.74. The largest absolute Gasteiger partial charge is 0.356 e. The summed E-state index contributed by atoms with van der Waals surface area (Å²) in [5, 5.41) is 11.3. The summed E-state index contributed by atoms with van der Waals surface area (Å²) >= 11 is 0. The molecule has 0 bridgehead atoms. The lowest BCUT2D eigenvalue weighted by Gasteiger charge is -2.35. The van der Waals surface area contributed by atoms with Gasteiger partial charge in [-0.3, -0.25) is 0 Å². The molecule has 3 heteroatoms.